The van der Waals surface area contributed by atoms with Gasteiger partial charge in [-0.2, -0.15) is 0 Å². The Morgan fingerprint density at radius 1 is 0.435 bits per heavy atom. The summed E-state index contributed by atoms with van der Waals surface area (Å²) >= 11 is 0. The number of carbonyl (C=O) groups excluding carboxylic acids is 3. The van der Waals surface area contributed by atoms with Crippen LogP contribution in [0.15, 0.2) is 0 Å². The highest BCUT2D eigenvalue weighted by atomic mass is 16.1. The molecule has 0 radical (unpaired) electrons. The zero-order valence-corrected chi connectivity index (χ0v) is 29.2. The summed E-state index contributed by atoms with van der Waals surface area (Å²) in [6, 6.07) is 0. The Kier molecular flexibility index (Phi) is 10.1. The number of ketones is 3. The van der Waals surface area contributed by atoms with Gasteiger partial charge in [0.2, 0.25) is 0 Å². The summed E-state index contributed by atoms with van der Waals surface area (Å²) in [5.41, 5.74) is 16.3. The lowest BCUT2D eigenvalue weighted by Gasteiger charge is -2.07. The van der Waals surface area contributed by atoms with Crippen molar-refractivity contribution in [3.63, 3.8) is 0 Å². The minimum Gasteiger partial charge on any atom is -0.361 e. The Labute approximate surface area is 273 Å². The summed E-state index contributed by atoms with van der Waals surface area (Å²) in [7, 11) is 0. The van der Waals surface area contributed by atoms with E-state index in [0.29, 0.717) is 25.7 Å². The van der Waals surface area contributed by atoms with Gasteiger partial charge >= 0.3 is 0 Å². The number of hydrogen-bond acceptors (Lipinski definition) is 3. The van der Waals surface area contributed by atoms with E-state index in [1.165, 1.54) is 22.5 Å². The van der Waals surface area contributed by atoms with Crippen molar-refractivity contribution in [2.45, 2.75) is 132 Å². The molecule has 0 saturated carbocycles. The lowest BCUT2D eigenvalue weighted by atomic mass is 9.94. The lowest BCUT2D eigenvalue weighted by molar-refractivity contribution is 0.100. The van der Waals surface area contributed by atoms with Crippen LogP contribution >= 0.6 is 0 Å². The Bertz CT molecular complexity index is 1790. The van der Waals surface area contributed by atoms with Crippen molar-refractivity contribution in [3.8, 4) is 0 Å². The molecular formula is C39H52N4O3. The highest BCUT2D eigenvalue weighted by Gasteiger charge is 2.29. The molecule has 1 aliphatic heterocycles. The molecule has 0 aliphatic carbocycles. The molecule has 5 rings (SSSR count). The fourth-order valence-corrected chi connectivity index (χ4v) is 8.05. The van der Waals surface area contributed by atoms with Crippen LogP contribution in [-0.4, -0.2) is 37.3 Å². The monoisotopic (exact) mass is 624 g/mol. The van der Waals surface area contributed by atoms with Gasteiger partial charge in [-0.25, -0.2) is 0 Å². The molecule has 0 fully saturated rings. The van der Waals surface area contributed by atoms with Crippen LogP contribution in [0.3, 0.4) is 0 Å². The molecule has 0 atom stereocenters. The third-order valence-electron chi connectivity index (χ3n) is 9.85. The van der Waals surface area contributed by atoms with Crippen molar-refractivity contribution >= 4 is 17.3 Å². The smallest absolute Gasteiger partial charge is 0.161 e. The highest BCUT2D eigenvalue weighted by molar-refractivity contribution is 5.99. The minimum absolute atomic E-state index is 0.0210. The van der Waals surface area contributed by atoms with Crippen LogP contribution in [0.4, 0.5) is 0 Å². The average molecular weight is 625 g/mol. The van der Waals surface area contributed by atoms with Crippen LogP contribution in [0.2, 0.25) is 0 Å². The van der Waals surface area contributed by atoms with E-state index in [1.54, 1.807) is 20.8 Å². The molecule has 4 aromatic rings. The van der Waals surface area contributed by atoms with Gasteiger partial charge < -0.3 is 19.9 Å². The molecule has 7 nitrogen and oxygen atoms in total. The van der Waals surface area contributed by atoms with Gasteiger partial charge in [0.1, 0.15) is 0 Å². The highest BCUT2D eigenvalue weighted by Crippen LogP contribution is 2.34. The van der Waals surface area contributed by atoms with Crippen LogP contribution < -0.4 is 0 Å². The van der Waals surface area contributed by atoms with Gasteiger partial charge in [0.25, 0.3) is 0 Å². The maximum atomic E-state index is 13.3. The Morgan fingerprint density at radius 2 is 0.696 bits per heavy atom. The lowest BCUT2D eigenvalue weighted by Crippen LogP contribution is -2.06. The summed E-state index contributed by atoms with van der Waals surface area (Å²) in [5.74, 6) is 0.139. The summed E-state index contributed by atoms with van der Waals surface area (Å²) in [6.45, 7) is 15.9. The van der Waals surface area contributed by atoms with Crippen molar-refractivity contribution in [2.24, 2.45) is 0 Å². The van der Waals surface area contributed by atoms with Gasteiger partial charge in [0, 0.05) is 87.9 Å². The molecule has 4 N–H and O–H groups in total. The number of carbonyl (C=O) groups is 3. The first-order valence-corrected chi connectivity index (χ1v) is 17.4. The molecule has 0 saturated heterocycles. The molecule has 1 aliphatic rings. The number of hydrogen-bond donors (Lipinski definition) is 4. The predicted molar refractivity (Wildman–Crippen MR) is 185 cm³/mol. The van der Waals surface area contributed by atoms with Gasteiger partial charge in [0.15, 0.2) is 17.3 Å². The van der Waals surface area contributed by atoms with Crippen molar-refractivity contribution < 1.29 is 14.4 Å². The molecule has 246 valence electrons. The van der Waals surface area contributed by atoms with Crippen LogP contribution in [0.5, 0.6) is 0 Å². The molecule has 0 amide bonds. The fourth-order valence-electron chi connectivity index (χ4n) is 8.05. The second kappa shape index (κ2) is 13.9. The van der Waals surface area contributed by atoms with E-state index in [9.17, 15) is 14.4 Å². The quantitative estimate of drug-likeness (QED) is 0.111. The minimum atomic E-state index is 0.0210. The second-order valence-electron chi connectivity index (χ2n) is 13.4. The van der Waals surface area contributed by atoms with Crippen molar-refractivity contribution in [1.82, 2.24) is 19.9 Å². The molecular weight excluding hydrogens is 572 g/mol. The van der Waals surface area contributed by atoms with E-state index < -0.39 is 0 Å². The van der Waals surface area contributed by atoms with Crippen LogP contribution in [0.25, 0.3) is 0 Å². The number of H-pyrrole nitrogens is 4. The summed E-state index contributed by atoms with van der Waals surface area (Å²) in [6.07, 6.45) is 9.47. The van der Waals surface area contributed by atoms with Crippen molar-refractivity contribution in [1.29, 1.82) is 0 Å². The zero-order valence-electron chi connectivity index (χ0n) is 29.2. The molecule has 0 aromatic carbocycles. The van der Waals surface area contributed by atoms with Crippen molar-refractivity contribution in [2.75, 3.05) is 0 Å². The van der Waals surface area contributed by atoms with Crippen LogP contribution in [0, 0.1) is 6.92 Å². The third kappa shape index (κ3) is 6.13. The molecule has 8 bridgehead atoms. The number of aromatic nitrogens is 4. The topological polar surface area (TPSA) is 114 Å². The summed E-state index contributed by atoms with van der Waals surface area (Å²) in [5, 5.41) is 0. The molecule has 5 heterocycles. The first kappa shape index (κ1) is 33.5. The third-order valence-corrected chi connectivity index (χ3v) is 9.85. The van der Waals surface area contributed by atoms with Gasteiger partial charge in [-0.1, -0.05) is 53.4 Å². The number of Topliss-reactive ketones (excluding diaryl/α,β-unsaturated/α-hetero) is 3. The first-order chi connectivity index (χ1) is 22.0. The molecule has 4 aromatic heterocycles. The van der Waals surface area contributed by atoms with Gasteiger partial charge in [-0.05, 0) is 81.2 Å². The maximum absolute atomic E-state index is 13.3. The molecule has 0 spiro atoms. The average Bonchev–Trinajstić information content (AvgIpc) is 3.69. The Morgan fingerprint density at radius 3 is 1.04 bits per heavy atom. The molecule has 0 unspecified atom stereocenters. The summed E-state index contributed by atoms with van der Waals surface area (Å²) < 4.78 is 0. The van der Waals surface area contributed by atoms with Gasteiger partial charge in [-0.3, -0.25) is 14.4 Å². The SMILES string of the molecule is CCCc1c2[nH]c(c1C)Cc1[nH]c(c(C(C)=O)c1CCC)Cc1[nH]c(c(C(C)=O)c1CCC)Cc1[nH]c(c(CCC)c1C(C)=O)C2. The number of rotatable bonds is 11. The van der Waals surface area contributed by atoms with E-state index >= 15 is 0 Å². The Balaban J connectivity index is 1.84. The summed E-state index contributed by atoms with van der Waals surface area (Å²) in [4.78, 5) is 54.9. The number of fused-ring (bicyclic) bond motifs is 8. The molecule has 46 heavy (non-hydrogen) atoms. The van der Waals surface area contributed by atoms with Gasteiger partial charge in [0.05, 0.1) is 0 Å². The van der Waals surface area contributed by atoms with E-state index in [1.807, 2.05) is 0 Å². The standard InChI is InChI=1S/C39H52N4O3/c1-9-13-25-21(5)29-17-31-26(14-10-2)37(22(6)44)34(41-31)19-33-28(16-12-4)39(24(8)46)36(43-33)20-35-38(23(7)45)27(15-11-3)32(42-35)18-30(25)40-29/h40-43H,9-20H2,1-8H3. The van der Waals surface area contributed by atoms with E-state index in [4.69, 9.17) is 0 Å². The number of aromatic amines is 4. The van der Waals surface area contributed by atoms with Crippen LogP contribution in [0.1, 0.15) is 179 Å². The first-order valence-electron chi connectivity index (χ1n) is 17.4. The normalized spacial score (nSPS) is 13.0. The van der Waals surface area contributed by atoms with Crippen molar-refractivity contribution in [3.05, 3.63) is 90.1 Å². The van der Waals surface area contributed by atoms with Gasteiger partial charge in [-0.15, -0.1) is 0 Å². The Hall–Kier alpha value is -3.87. The second-order valence-corrected chi connectivity index (χ2v) is 13.4. The van der Waals surface area contributed by atoms with E-state index in [-0.39, 0.29) is 17.3 Å². The fraction of sp³-hybridized carbons (Fsp3) is 0.513. The largest absolute Gasteiger partial charge is 0.361 e. The zero-order chi connectivity index (χ0) is 33.3. The van der Waals surface area contributed by atoms with Crippen LogP contribution in [-0.2, 0) is 51.4 Å². The maximum Gasteiger partial charge on any atom is 0.161 e. The molecule has 7 heteroatoms. The predicted octanol–water partition coefficient (Wildman–Crippen LogP) is 8.40. The van der Waals surface area contributed by atoms with E-state index in [0.717, 1.165) is 119 Å². The van der Waals surface area contributed by atoms with E-state index in [2.05, 4.69) is 54.6 Å². The number of nitrogens with one attached hydrogen (secondary N) is 4.